The van der Waals surface area contributed by atoms with Crippen LogP contribution in [0.25, 0.3) is 0 Å². The first-order chi connectivity index (χ1) is 14.8. The van der Waals surface area contributed by atoms with E-state index in [0.29, 0.717) is 10.8 Å². The van der Waals surface area contributed by atoms with Crippen molar-refractivity contribution in [1.29, 1.82) is 0 Å². The highest BCUT2D eigenvalue weighted by Gasteiger charge is 2.64. The van der Waals surface area contributed by atoms with Crippen LogP contribution in [0.3, 0.4) is 0 Å². The summed E-state index contributed by atoms with van der Waals surface area (Å²) in [6, 6.07) is 1.96. The van der Waals surface area contributed by atoms with Crippen molar-refractivity contribution >= 4 is 0 Å². The SMILES string of the molecule is C[C@]12CC[C@H]3[C@@H](CCC4C[C@@H]([N+]5(C)CCCC5)CC[C@@]43C)[C@@H]1CC[C@@H]2[N+]1(C)CCCC1. The van der Waals surface area contributed by atoms with Crippen molar-refractivity contribution in [1.82, 2.24) is 0 Å². The van der Waals surface area contributed by atoms with E-state index in [9.17, 15) is 0 Å². The molecule has 176 valence electrons. The van der Waals surface area contributed by atoms with Gasteiger partial charge in [-0.3, -0.25) is 0 Å². The fourth-order valence-electron chi connectivity index (χ4n) is 11.6. The predicted octanol–water partition coefficient (Wildman–Crippen LogP) is 6.25. The number of fused-ring (bicyclic) bond motifs is 5. The second kappa shape index (κ2) is 7.21. The highest BCUT2D eigenvalue weighted by atomic mass is 15.4. The monoisotopic (exact) mass is 428 g/mol. The highest BCUT2D eigenvalue weighted by Crippen LogP contribution is 2.67. The lowest BCUT2D eigenvalue weighted by Gasteiger charge is -2.62. The molecule has 0 aromatic rings. The van der Waals surface area contributed by atoms with Crippen molar-refractivity contribution < 1.29 is 8.97 Å². The lowest BCUT2D eigenvalue weighted by Crippen LogP contribution is -2.61. The Labute approximate surface area is 193 Å². The van der Waals surface area contributed by atoms with E-state index in [1.165, 1.54) is 67.2 Å². The van der Waals surface area contributed by atoms with Crippen LogP contribution < -0.4 is 0 Å². The number of hydrogen-bond acceptors (Lipinski definition) is 0. The molecule has 2 heterocycles. The van der Waals surface area contributed by atoms with Crippen molar-refractivity contribution in [2.75, 3.05) is 40.3 Å². The van der Waals surface area contributed by atoms with Gasteiger partial charge >= 0.3 is 0 Å². The summed E-state index contributed by atoms with van der Waals surface area (Å²) in [6.45, 7) is 11.5. The van der Waals surface area contributed by atoms with Gasteiger partial charge in [0.1, 0.15) is 0 Å². The van der Waals surface area contributed by atoms with E-state index in [0.717, 1.165) is 35.8 Å². The maximum atomic E-state index is 2.79. The molecule has 6 rings (SSSR count). The second-order valence-corrected chi connectivity index (χ2v) is 14.5. The van der Waals surface area contributed by atoms with Gasteiger partial charge in [0, 0.05) is 43.9 Å². The third-order valence-corrected chi connectivity index (χ3v) is 13.4. The van der Waals surface area contributed by atoms with Crippen LogP contribution in [0, 0.1) is 34.5 Å². The average molecular weight is 429 g/mol. The largest absolute Gasteiger partial charge is 0.324 e. The summed E-state index contributed by atoms with van der Waals surface area (Å²) < 4.78 is 2.86. The maximum Gasteiger partial charge on any atom is 0.0945 e. The van der Waals surface area contributed by atoms with Crippen LogP contribution >= 0.6 is 0 Å². The molecule has 2 nitrogen and oxygen atoms in total. The number of hydrogen-bond donors (Lipinski definition) is 0. The molecule has 0 spiro atoms. The van der Waals surface area contributed by atoms with Crippen molar-refractivity contribution in [3.63, 3.8) is 0 Å². The molecule has 8 atom stereocenters. The lowest BCUT2D eigenvalue weighted by atomic mass is 9.44. The minimum absolute atomic E-state index is 0.648. The molecular formula is C29H52N2+2. The van der Waals surface area contributed by atoms with E-state index in [2.05, 4.69) is 27.9 Å². The summed E-state index contributed by atoms with van der Waals surface area (Å²) in [7, 11) is 5.25. The maximum absolute atomic E-state index is 2.79. The molecule has 2 heteroatoms. The van der Waals surface area contributed by atoms with Crippen molar-refractivity contribution in [2.45, 2.75) is 109 Å². The zero-order valence-corrected chi connectivity index (χ0v) is 21.4. The topological polar surface area (TPSA) is 0 Å². The van der Waals surface area contributed by atoms with Crippen LogP contribution in [0.5, 0.6) is 0 Å². The Balaban J connectivity index is 1.21. The van der Waals surface area contributed by atoms with Gasteiger partial charge in [0.2, 0.25) is 0 Å². The standard InChI is InChI=1S/C29H52N2/c1-28-15-13-23(30(3)17-5-6-18-30)21-22(28)9-10-24-25-11-12-27(31(4)19-7-8-20-31)29(25,2)16-14-26(24)28/h22-27H,5-21H2,1-4H3/q+2/t22?,23-,24-,25-,26-,27-,28-,29-/m0/s1. The van der Waals surface area contributed by atoms with Crippen molar-refractivity contribution in [2.24, 2.45) is 34.5 Å². The molecule has 0 aromatic heterocycles. The van der Waals surface area contributed by atoms with E-state index in [1.807, 2.05) is 0 Å². The van der Waals surface area contributed by atoms with Crippen LogP contribution in [0.1, 0.15) is 97.3 Å². The molecule has 0 amide bonds. The van der Waals surface area contributed by atoms with Gasteiger partial charge in [0.25, 0.3) is 0 Å². The van der Waals surface area contributed by atoms with Gasteiger partial charge in [-0.2, -0.15) is 0 Å². The first-order valence-corrected chi connectivity index (χ1v) is 14.5. The van der Waals surface area contributed by atoms with Crippen LogP contribution in [-0.4, -0.2) is 61.3 Å². The van der Waals surface area contributed by atoms with E-state index in [1.54, 1.807) is 51.4 Å². The van der Waals surface area contributed by atoms with Crippen LogP contribution in [0.15, 0.2) is 0 Å². The fourth-order valence-corrected chi connectivity index (χ4v) is 11.6. The molecule has 0 radical (unpaired) electrons. The minimum atomic E-state index is 0.648. The summed E-state index contributed by atoms with van der Waals surface area (Å²) in [5, 5.41) is 0. The Morgan fingerprint density at radius 2 is 1.23 bits per heavy atom. The van der Waals surface area contributed by atoms with E-state index >= 15 is 0 Å². The fraction of sp³-hybridized carbons (Fsp3) is 1.00. The Hall–Kier alpha value is -0.0800. The van der Waals surface area contributed by atoms with E-state index < -0.39 is 0 Å². The van der Waals surface area contributed by atoms with Crippen LogP contribution in [0.2, 0.25) is 0 Å². The molecule has 4 aliphatic carbocycles. The number of likely N-dealkylation sites (tertiary alicyclic amines) is 2. The third-order valence-electron chi connectivity index (χ3n) is 13.4. The molecule has 1 unspecified atom stereocenters. The van der Waals surface area contributed by atoms with Gasteiger partial charge in [-0.05, 0) is 74.0 Å². The van der Waals surface area contributed by atoms with Gasteiger partial charge in [0.05, 0.1) is 52.4 Å². The number of rotatable bonds is 2. The Bertz CT molecular complexity index is 689. The summed E-state index contributed by atoms with van der Waals surface area (Å²) in [5.74, 6) is 4.20. The van der Waals surface area contributed by atoms with Crippen molar-refractivity contribution in [3.8, 4) is 0 Å². The quantitative estimate of drug-likeness (QED) is 0.456. The highest BCUT2D eigenvalue weighted by molar-refractivity contribution is 5.10. The summed E-state index contributed by atoms with van der Waals surface area (Å²) in [4.78, 5) is 0. The van der Waals surface area contributed by atoms with Gasteiger partial charge in [-0.25, -0.2) is 0 Å². The molecular weight excluding hydrogens is 376 g/mol. The van der Waals surface area contributed by atoms with Crippen LogP contribution in [-0.2, 0) is 0 Å². The molecule has 0 bridgehead atoms. The first-order valence-electron chi connectivity index (χ1n) is 14.5. The molecule has 2 saturated heterocycles. The first kappa shape index (κ1) is 21.5. The molecule has 4 saturated carbocycles. The third kappa shape index (κ3) is 3.02. The predicted molar refractivity (Wildman–Crippen MR) is 130 cm³/mol. The zero-order valence-electron chi connectivity index (χ0n) is 21.4. The van der Waals surface area contributed by atoms with E-state index in [4.69, 9.17) is 0 Å². The van der Waals surface area contributed by atoms with Gasteiger partial charge < -0.3 is 8.97 Å². The molecule has 0 N–H and O–H groups in total. The van der Waals surface area contributed by atoms with Gasteiger partial charge in [-0.15, -0.1) is 0 Å². The Morgan fingerprint density at radius 3 is 1.94 bits per heavy atom. The summed E-state index contributed by atoms with van der Waals surface area (Å²) in [6.07, 6.45) is 20.0. The number of quaternary nitrogens is 2. The summed E-state index contributed by atoms with van der Waals surface area (Å²) in [5.41, 5.74) is 1.32. The zero-order chi connectivity index (χ0) is 21.5. The molecule has 6 fully saturated rings. The normalized spacial score (nSPS) is 53.0. The molecule has 31 heavy (non-hydrogen) atoms. The second-order valence-electron chi connectivity index (χ2n) is 14.5. The van der Waals surface area contributed by atoms with Crippen LogP contribution in [0.4, 0.5) is 0 Å². The molecule has 6 aliphatic rings. The van der Waals surface area contributed by atoms with Gasteiger partial charge in [-0.1, -0.05) is 13.8 Å². The Morgan fingerprint density at radius 1 is 0.613 bits per heavy atom. The lowest BCUT2D eigenvalue weighted by molar-refractivity contribution is -0.928. The summed E-state index contributed by atoms with van der Waals surface area (Å²) >= 11 is 0. The average Bonchev–Trinajstić information content (AvgIpc) is 3.46. The number of nitrogens with zero attached hydrogens (tertiary/aromatic N) is 2. The van der Waals surface area contributed by atoms with Gasteiger partial charge in [0.15, 0.2) is 0 Å². The van der Waals surface area contributed by atoms with E-state index in [-0.39, 0.29) is 0 Å². The molecule has 2 aliphatic heterocycles. The minimum Gasteiger partial charge on any atom is -0.324 e. The smallest absolute Gasteiger partial charge is 0.0945 e. The van der Waals surface area contributed by atoms with Crippen molar-refractivity contribution in [3.05, 3.63) is 0 Å². The molecule has 0 aromatic carbocycles. The Kier molecular flexibility index (Phi) is 4.99.